The molecule has 0 radical (unpaired) electrons. The van der Waals surface area contributed by atoms with Gasteiger partial charge in [0, 0.05) is 18.3 Å². The van der Waals surface area contributed by atoms with E-state index in [1.165, 1.54) is 0 Å². The minimum atomic E-state index is -0.127. The van der Waals surface area contributed by atoms with Gasteiger partial charge < -0.3 is 10.4 Å². The van der Waals surface area contributed by atoms with Gasteiger partial charge in [-0.2, -0.15) is 0 Å². The Morgan fingerprint density at radius 3 is 3.00 bits per heavy atom. The summed E-state index contributed by atoms with van der Waals surface area (Å²) >= 11 is 1.76. The van der Waals surface area contributed by atoms with Crippen LogP contribution in [0.4, 0.5) is 0 Å². The van der Waals surface area contributed by atoms with Crippen LogP contribution >= 0.6 is 11.8 Å². The van der Waals surface area contributed by atoms with Crippen molar-refractivity contribution in [2.24, 2.45) is 0 Å². The third-order valence-electron chi connectivity index (χ3n) is 2.32. The normalized spacial score (nSPS) is 27.4. The van der Waals surface area contributed by atoms with E-state index in [2.05, 4.69) is 11.2 Å². The zero-order chi connectivity index (χ0) is 9.52. The Labute approximate surface area is 84.5 Å². The molecule has 0 amide bonds. The topological polar surface area (TPSA) is 32.3 Å². The number of rotatable bonds is 5. The van der Waals surface area contributed by atoms with Gasteiger partial charge in [0.2, 0.25) is 0 Å². The van der Waals surface area contributed by atoms with E-state index in [4.69, 9.17) is 6.42 Å². The number of hydrogen-bond acceptors (Lipinski definition) is 3. The van der Waals surface area contributed by atoms with Crippen LogP contribution in [0.5, 0.6) is 0 Å². The monoisotopic (exact) mass is 199 g/mol. The number of thioether (sulfide) groups is 1. The largest absolute Gasteiger partial charge is 0.392 e. The van der Waals surface area contributed by atoms with Gasteiger partial charge in [-0.15, -0.1) is 18.2 Å². The standard InChI is InChI=1S/C10H17NOS/c1-2-7-13-8-6-11-9-4-3-5-10(9)12/h1,9-12H,3-8H2. The molecule has 13 heavy (non-hydrogen) atoms. The number of aliphatic hydroxyl groups is 1. The first kappa shape index (κ1) is 10.9. The molecule has 2 unspecified atom stereocenters. The van der Waals surface area contributed by atoms with Crippen molar-refractivity contribution in [3.05, 3.63) is 0 Å². The molecular formula is C10H17NOS. The van der Waals surface area contributed by atoms with Crippen LogP contribution in [0.3, 0.4) is 0 Å². The molecule has 0 aromatic carbocycles. The number of nitrogens with one attached hydrogen (secondary N) is 1. The van der Waals surface area contributed by atoms with E-state index in [9.17, 15) is 5.11 Å². The van der Waals surface area contributed by atoms with Gasteiger partial charge in [-0.3, -0.25) is 0 Å². The molecule has 1 rings (SSSR count). The average molecular weight is 199 g/mol. The molecule has 3 heteroatoms. The van der Waals surface area contributed by atoms with E-state index in [1.807, 2.05) is 0 Å². The summed E-state index contributed by atoms with van der Waals surface area (Å²) in [5, 5.41) is 12.8. The van der Waals surface area contributed by atoms with Crippen molar-refractivity contribution < 1.29 is 5.11 Å². The molecule has 0 spiro atoms. The van der Waals surface area contributed by atoms with Crippen LogP contribution in [-0.4, -0.2) is 35.3 Å². The van der Waals surface area contributed by atoms with Crippen LogP contribution in [0, 0.1) is 12.3 Å². The predicted molar refractivity (Wildman–Crippen MR) is 57.8 cm³/mol. The molecular weight excluding hydrogens is 182 g/mol. The van der Waals surface area contributed by atoms with E-state index >= 15 is 0 Å². The van der Waals surface area contributed by atoms with Crippen molar-refractivity contribution in [3.8, 4) is 12.3 Å². The highest BCUT2D eigenvalue weighted by Crippen LogP contribution is 2.18. The number of aliphatic hydroxyl groups excluding tert-OH is 1. The summed E-state index contributed by atoms with van der Waals surface area (Å²) in [5.41, 5.74) is 0. The summed E-state index contributed by atoms with van der Waals surface area (Å²) in [5.74, 6) is 4.41. The molecule has 2 nitrogen and oxygen atoms in total. The van der Waals surface area contributed by atoms with Crippen molar-refractivity contribution in [1.29, 1.82) is 0 Å². The highest BCUT2D eigenvalue weighted by Gasteiger charge is 2.23. The Hall–Kier alpha value is -0.170. The van der Waals surface area contributed by atoms with E-state index in [0.29, 0.717) is 6.04 Å². The Morgan fingerprint density at radius 1 is 1.54 bits per heavy atom. The second-order valence-electron chi connectivity index (χ2n) is 3.32. The van der Waals surface area contributed by atoms with Crippen LogP contribution in [0.2, 0.25) is 0 Å². The van der Waals surface area contributed by atoms with Gasteiger partial charge in [0.15, 0.2) is 0 Å². The summed E-state index contributed by atoms with van der Waals surface area (Å²) in [6.07, 6.45) is 8.21. The van der Waals surface area contributed by atoms with Crippen molar-refractivity contribution in [2.75, 3.05) is 18.1 Å². The summed E-state index contributed by atoms with van der Waals surface area (Å²) in [6.45, 7) is 0.952. The second kappa shape index (κ2) is 6.31. The third-order valence-corrected chi connectivity index (χ3v) is 3.18. The van der Waals surface area contributed by atoms with Gasteiger partial charge in [0.1, 0.15) is 0 Å². The molecule has 1 saturated carbocycles. The van der Waals surface area contributed by atoms with Crippen LogP contribution in [0.1, 0.15) is 19.3 Å². The molecule has 2 atom stereocenters. The molecule has 1 aliphatic carbocycles. The Kier molecular flexibility index (Phi) is 5.29. The third kappa shape index (κ3) is 4.04. The van der Waals surface area contributed by atoms with Gasteiger partial charge in [-0.25, -0.2) is 0 Å². The van der Waals surface area contributed by atoms with Gasteiger partial charge in [-0.1, -0.05) is 5.92 Å². The first-order valence-electron chi connectivity index (χ1n) is 4.77. The maximum absolute atomic E-state index is 9.49. The van der Waals surface area contributed by atoms with Crippen molar-refractivity contribution >= 4 is 11.8 Å². The van der Waals surface area contributed by atoms with E-state index < -0.39 is 0 Å². The number of hydrogen-bond donors (Lipinski definition) is 2. The van der Waals surface area contributed by atoms with E-state index in [1.54, 1.807) is 11.8 Å². The Morgan fingerprint density at radius 2 is 2.38 bits per heavy atom. The molecule has 1 aliphatic rings. The minimum Gasteiger partial charge on any atom is -0.392 e. The summed E-state index contributed by atoms with van der Waals surface area (Å²) in [4.78, 5) is 0. The average Bonchev–Trinajstić information content (AvgIpc) is 2.52. The Bertz CT molecular complexity index is 178. The molecule has 0 aliphatic heterocycles. The predicted octanol–water partition coefficient (Wildman–Crippen LogP) is 0.856. The van der Waals surface area contributed by atoms with Crippen molar-refractivity contribution in [1.82, 2.24) is 5.32 Å². The lowest BCUT2D eigenvalue weighted by Crippen LogP contribution is -2.36. The molecule has 2 N–H and O–H groups in total. The highest BCUT2D eigenvalue weighted by atomic mass is 32.2. The lowest BCUT2D eigenvalue weighted by Gasteiger charge is -2.15. The fourth-order valence-corrected chi connectivity index (χ4v) is 2.15. The van der Waals surface area contributed by atoms with Crippen molar-refractivity contribution in [3.63, 3.8) is 0 Å². The van der Waals surface area contributed by atoms with Gasteiger partial charge in [-0.05, 0) is 19.3 Å². The van der Waals surface area contributed by atoms with Crippen LogP contribution in [0.15, 0.2) is 0 Å². The highest BCUT2D eigenvalue weighted by molar-refractivity contribution is 7.99. The Balaban J connectivity index is 1.96. The molecule has 0 aromatic heterocycles. The lowest BCUT2D eigenvalue weighted by atomic mass is 10.2. The molecule has 0 bridgehead atoms. The smallest absolute Gasteiger partial charge is 0.0693 e. The zero-order valence-corrected chi connectivity index (χ0v) is 8.65. The van der Waals surface area contributed by atoms with Crippen LogP contribution in [-0.2, 0) is 0 Å². The quantitative estimate of drug-likeness (QED) is 0.509. The summed E-state index contributed by atoms with van der Waals surface area (Å²) < 4.78 is 0. The van der Waals surface area contributed by atoms with Gasteiger partial charge >= 0.3 is 0 Å². The molecule has 0 saturated heterocycles. The van der Waals surface area contributed by atoms with Crippen LogP contribution < -0.4 is 5.32 Å². The summed E-state index contributed by atoms with van der Waals surface area (Å²) in [6, 6.07) is 0.325. The molecule has 0 heterocycles. The fraction of sp³-hybridized carbons (Fsp3) is 0.800. The maximum atomic E-state index is 9.49. The van der Waals surface area contributed by atoms with E-state index in [0.717, 1.165) is 37.3 Å². The first-order chi connectivity index (χ1) is 6.34. The van der Waals surface area contributed by atoms with E-state index in [-0.39, 0.29) is 6.10 Å². The second-order valence-corrected chi connectivity index (χ2v) is 4.42. The van der Waals surface area contributed by atoms with Gasteiger partial charge in [0.25, 0.3) is 0 Å². The maximum Gasteiger partial charge on any atom is 0.0693 e. The first-order valence-corrected chi connectivity index (χ1v) is 5.92. The fourth-order valence-electron chi connectivity index (χ4n) is 1.63. The summed E-state index contributed by atoms with van der Waals surface area (Å²) in [7, 11) is 0. The zero-order valence-electron chi connectivity index (χ0n) is 7.83. The van der Waals surface area contributed by atoms with Crippen LogP contribution in [0.25, 0.3) is 0 Å². The van der Waals surface area contributed by atoms with Crippen molar-refractivity contribution in [2.45, 2.75) is 31.4 Å². The molecule has 1 fully saturated rings. The molecule has 0 aromatic rings. The SMILES string of the molecule is C#CCSCCNC1CCCC1O. The molecule has 74 valence electrons. The number of terminal acetylenes is 1. The minimum absolute atomic E-state index is 0.127. The van der Waals surface area contributed by atoms with Gasteiger partial charge in [0.05, 0.1) is 11.9 Å². The lowest BCUT2D eigenvalue weighted by molar-refractivity contribution is 0.150.